The average molecular weight is 274 g/mol. The highest BCUT2D eigenvalue weighted by Crippen LogP contribution is 2.37. The first-order valence-electron chi connectivity index (χ1n) is 6.90. The van der Waals surface area contributed by atoms with E-state index in [0.29, 0.717) is 5.92 Å². The van der Waals surface area contributed by atoms with Crippen molar-refractivity contribution in [3.8, 4) is 0 Å². The molecule has 100 valence electrons. The Balaban J connectivity index is 1.93. The van der Waals surface area contributed by atoms with E-state index >= 15 is 0 Å². The second kappa shape index (κ2) is 5.65. The molecule has 19 heavy (non-hydrogen) atoms. The van der Waals surface area contributed by atoms with Crippen molar-refractivity contribution < 1.29 is 0 Å². The maximum Gasteiger partial charge on any atom is 0.163 e. The van der Waals surface area contributed by atoms with Gasteiger partial charge in [-0.25, -0.2) is 0 Å². The van der Waals surface area contributed by atoms with Crippen LogP contribution >= 0.6 is 11.7 Å². The van der Waals surface area contributed by atoms with E-state index < -0.39 is 0 Å². The zero-order valence-corrected chi connectivity index (χ0v) is 11.9. The molecule has 2 aromatic heterocycles. The van der Waals surface area contributed by atoms with Crippen molar-refractivity contribution in [2.24, 2.45) is 0 Å². The summed E-state index contributed by atoms with van der Waals surface area (Å²) in [6.45, 7) is 3.10. The fourth-order valence-electron chi connectivity index (χ4n) is 2.67. The number of anilines is 1. The number of hydrogen-bond donors (Lipinski definition) is 1. The maximum absolute atomic E-state index is 4.59. The molecule has 3 rings (SSSR count). The molecule has 5 heteroatoms. The van der Waals surface area contributed by atoms with E-state index in [0.717, 1.165) is 37.3 Å². The van der Waals surface area contributed by atoms with Crippen molar-refractivity contribution in [2.75, 3.05) is 11.9 Å². The minimum atomic E-state index is 0.308. The summed E-state index contributed by atoms with van der Waals surface area (Å²) in [7, 11) is 0. The number of nitrogens with one attached hydrogen (secondary N) is 1. The second-order valence-electron chi connectivity index (χ2n) is 4.92. The normalized spacial score (nSPS) is 18.1. The van der Waals surface area contributed by atoms with E-state index in [1.54, 1.807) is 0 Å². The highest BCUT2D eigenvalue weighted by atomic mass is 32.1. The van der Waals surface area contributed by atoms with Gasteiger partial charge in [0.15, 0.2) is 5.82 Å². The van der Waals surface area contributed by atoms with Crippen molar-refractivity contribution in [2.45, 2.75) is 38.5 Å². The molecular weight excluding hydrogens is 256 g/mol. The number of hydrogen-bond acceptors (Lipinski definition) is 5. The molecule has 0 fully saturated rings. The molecule has 1 N–H and O–H groups in total. The van der Waals surface area contributed by atoms with Gasteiger partial charge in [-0.05, 0) is 37.3 Å². The van der Waals surface area contributed by atoms with Crippen molar-refractivity contribution in [1.82, 2.24) is 13.7 Å². The van der Waals surface area contributed by atoms with Crippen molar-refractivity contribution >= 4 is 17.5 Å². The molecule has 2 heterocycles. The Bertz CT molecular complexity index is 552. The van der Waals surface area contributed by atoms with Crippen LogP contribution in [-0.4, -0.2) is 20.3 Å². The molecule has 0 bridgehead atoms. The van der Waals surface area contributed by atoms with Gasteiger partial charge in [-0.2, -0.15) is 8.75 Å². The average Bonchev–Trinajstić information content (AvgIpc) is 2.92. The molecule has 1 aliphatic carbocycles. The zero-order chi connectivity index (χ0) is 13.1. The van der Waals surface area contributed by atoms with Crippen molar-refractivity contribution in [3.63, 3.8) is 0 Å². The molecule has 0 saturated heterocycles. The summed E-state index contributed by atoms with van der Waals surface area (Å²) in [5.41, 5.74) is 3.65. The van der Waals surface area contributed by atoms with Crippen LogP contribution in [-0.2, 0) is 6.42 Å². The van der Waals surface area contributed by atoms with E-state index in [2.05, 4.69) is 32.0 Å². The Morgan fingerprint density at radius 2 is 2.32 bits per heavy atom. The largest absolute Gasteiger partial charge is 0.368 e. The predicted molar refractivity (Wildman–Crippen MR) is 77.7 cm³/mol. The minimum Gasteiger partial charge on any atom is -0.368 e. The van der Waals surface area contributed by atoms with Gasteiger partial charge in [-0.1, -0.05) is 13.0 Å². The fraction of sp³-hybridized carbons (Fsp3) is 0.500. The molecule has 4 nitrogen and oxygen atoms in total. The lowest BCUT2D eigenvalue weighted by Gasteiger charge is -2.23. The molecule has 1 atom stereocenters. The molecule has 0 spiro atoms. The molecule has 2 aromatic rings. The molecule has 0 aliphatic heterocycles. The van der Waals surface area contributed by atoms with E-state index in [1.807, 2.05) is 12.3 Å². The molecular formula is C14H18N4S. The Labute approximate surface area is 117 Å². The number of nitrogens with zero attached hydrogens (tertiary/aromatic N) is 3. The Morgan fingerprint density at radius 1 is 1.37 bits per heavy atom. The van der Waals surface area contributed by atoms with Gasteiger partial charge in [-0.3, -0.25) is 4.98 Å². The number of aromatic nitrogens is 3. The monoisotopic (exact) mass is 274 g/mol. The van der Waals surface area contributed by atoms with Crippen LogP contribution in [0.15, 0.2) is 18.3 Å². The Kier molecular flexibility index (Phi) is 3.73. The molecule has 1 unspecified atom stereocenters. The third-order valence-corrected chi connectivity index (χ3v) is 4.12. The van der Waals surface area contributed by atoms with Crippen molar-refractivity contribution in [1.29, 1.82) is 0 Å². The highest BCUT2D eigenvalue weighted by Gasteiger charge is 2.27. The number of aryl methyl sites for hydroxylation is 1. The third-order valence-electron chi connectivity index (χ3n) is 3.58. The first-order chi connectivity index (χ1) is 9.40. The lowest BCUT2D eigenvalue weighted by molar-refractivity contribution is 0.591. The van der Waals surface area contributed by atoms with Crippen LogP contribution in [0.3, 0.4) is 0 Å². The number of rotatable bonds is 4. The van der Waals surface area contributed by atoms with Crippen LogP contribution in [0.5, 0.6) is 0 Å². The van der Waals surface area contributed by atoms with Gasteiger partial charge in [-0.15, -0.1) is 0 Å². The fourth-order valence-corrected chi connectivity index (χ4v) is 3.25. The quantitative estimate of drug-likeness (QED) is 0.930. The highest BCUT2D eigenvalue weighted by molar-refractivity contribution is 6.99. The second-order valence-corrected chi connectivity index (χ2v) is 5.45. The molecule has 0 aromatic carbocycles. The first kappa shape index (κ1) is 12.5. The van der Waals surface area contributed by atoms with Gasteiger partial charge in [0.25, 0.3) is 0 Å². The minimum absolute atomic E-state index is 0.308. The van der Waals surface area contributed by atoms with Crippen LogP contribution in [0.1, 0.15) is 49.1 Å². The lowest BCUT2D eigenvalue weighted by Crippen LogP contribution is -2.15. The topological polar surface area (TPSA) is 50.7 Å². The summed E-state index contributed by atoms with van der Waals surface area (Å²) in [6.07, 6.45) is 6.44. The van der Waals surface area contributed by atoms with E-state index in [4.69, 9.17) is 0 Å². The number of fused-ring (bicyclic) bond motifs is 1. The smallest absolute Gasteiger partial charge is 0.163 e. The summed E-state index contributed by atoms with van der Waals surface area (Å²) in [5, 5.41) is 3.38. The maximum atomic E-state index is 4.59. The summed E-state index contributed by atoms with van der Waals surface area (Å²) >= 11 is 1.29. The summed E-state index contributed by atoms with van der Waals surface area (Å²) in [4.78, 5) is 4.59. The van der Waals surface area contributed by atoms with Crippen molar-refractivity contribution in [3.05, 3.63) is 35.3 Å². The summed E-state index contributed by atoms with van der Waals surface area (Å²) in [6, 6.07) is 4.21. The van der Waals surface area contributed by atoms with Gasteiger partial charge >= 0.3 is 0 Å². The van der Waals surface area contributed by atoms with Gasteiger partial charge in [0.2, 0.25) is 0 Å². The summed E-state index contributed by atoms with van der Waals surface area (Å²) in [5.74, 6) is 1.26. The molecule has 0 amide bonds. The Morgan fingerprint density at radius 3 is 3.21 bits per heavy atom. The standard InChI is InChI=1S/C14H18N4S/c1-2-8-16-14-13(17-19-18-14)11-7-3-5-10-6-4-9-15-12(10)11/h4,6,9,11H,2-3,5,7-8H2,1H3,(H,16,18). The van der Waals surface area contributed by atoms with Gasteiger partial charge in [0.05, 0.1) is 17.4 Å². The van der Waals surface area contributed by atoms with Gasteiger partial charge in [0, 0.05) is 18.7 Å². The van der Waals surface area contributed by atoms with E-state index in [9.17, 15) is 0 Å². The van der Waals surface area contributed by atoms with Crippen LogP contribution in [0.25, 0.3) is 0 Å². The lowest BCUT2D eigenvalue weighted by atomic mass is 9.84. The van der Waals surface area contributed by atoms with Crippen LogP contribution in [0.4, 0.5) is 5.82 Å². The number of pyridine rings is 1. The third kappa shape index (κ3) is 2.47. The van der Waals surface area contributed by atoms with E-state index in [1.165, 1.54) is 29.4 Å². The Hall–Kier alpha value is -1.49. The predicted octanol–water partition coefficient (Wildman–Crippen LogP) is 3.22. The summed E-state index contributed by atoms with van der Waals surface area (Å²) < 4.78 is 8.91. The van der Waals surface area contributed by atoms with Crippen LogP contribution < -0.4 is 5.32 Å². The zero-order valence-electron chi connectivity index (χ0n) is 11.1. The van der Waals surface area contributed by atoms with Gasteiger partial charge < -0.3 is 5.32 Å². The van der Waals surface area contributed by atoms with Crippen LogP contribution in [0.2, 0.25) is 0 Å². The SMILES string of the molecule is CCCNc1nsnc1C1CCCc2cccnc21. The molecule has 0 saturated carbocycles. The first-order valence-corrected chi connectivity index (χ1v) is 7.63. The molecule has 0 radical (unpaired) electrons. The van der Waals surface area contributed by atoms with Crippen LogP contribution in [0, 0.1) is 0 Å². The van der Waals surface area contributed by atoms with Gasteiger partial charge in [0.1, 0.15) is 5.69 Å². The molecule has 1 aliphatic rings. The van der Waals surface area contributed by atoms with E-state index in [-0.39, 0.29) is 0 Å².